The van der Waals surface area contributed by atoms with Gasteiger partial charge in [0.2, 0.25) is 5.82 Å². The van der Waals surface area contributed by atoms with Gasteiger partial charge < -0.3 is 14.5 Å². The Morgan fingerprint density at radius 3 is 2.37 bits per heavy atom. The second-order valence-electron chi connectivity index (χ2n) is 8.48. The van der Waals surface area contributed by atoms with Crippen LogP contribution in [0, 0.1) is 4.91 Å². The molecule has 0 N–H and O–H groups in total. The van der Waals surface area contributed by atoms with E-state index in [0.717, 1.165) is 18.6 Å². The minimum absolute atomic E-state index is 0.00115. The first kappa shape index (κ1) is 22.8. The summed E-state index contributed by atoms with van der Waals surface area (Å²) in [6, 6.07) is 13.1. The molecule has 3 aromatic rings. The number of hydrogen-bond acceptors (Lipinski definition) is 7. The molecular weight excluding hydrogens is 463 g/mol. The third-order valence-electron chi connectivity index (χ3n) is 6.50. The van der Waals surface area contributed by atoms with Crippen LogP contribution in [0.1, 0.15) is 22.3 Å². The fourth-order valence-corrected chi connectivity index (χ4v) is 4.78. The van der Waals surface area contributed by atoms with Gasteiger partial charge in [0.25, 0.3) is 5.91 Å². The average molecular weight is 483 g/mol. The minimum atomic E-state index is -4.41. The van der Waals surface area contributed by atoms with Crippen molar-refractivity contribution in [3.05, 3.63) is 70.6 Å². The van der Waals surface area contributed by atoms with Gasteiger partial charge in [0.05, 0.1) is 24.8 Å². The number of anilines is 1. The molecule has 2 fully saturated rings. The largest absolute Gasteiger partial charge is 0.496 e. The normalized spacial score (nSPS) is 19.2. The lowest BCUT2D eigenvalue weighted by molar-refractivity contribution is -0.137. The number of rotatable bonds is 5. The average Bonchev–Trinajstić information content (AvgIpc) is 3.49. The van der Waals surface area contributed by atoms with Gasteiger partial charge in [-0.2, -0.15) is 13.2 Å². The Balaban J connectivity index is 1.32. The van der Waals surface area contributed by atoms with Crippen LogP contribution in [0.15, 0.2) is 59.8 Å². The fourth-order valence-electron chi connectivity index (χ4n) is 4.78. The Morgan fingerprint density at radius 2 is 1.80 bits per heavy atom. The number of carbonyl (C=O) groups is 1. The summed E-state index contributed by atoms with van der Waals surface area (Å²) >= 11 is 0. The third-order valence-corrected chi connectivity index (χ3v) is 6.50. The predicted molar refractivity (Wildman–Crippen MR) is 121 cm³/mol. The molecule has 0 saturated carbocycles. The number of hydrogen-bond donors (Lipinski definition) is 0. The standard InChI is InChI=1S/C24H20F3N5O3/c1-35-20-10-15(4-7-19(20)14-2-5-16(6-3-14)24(25,26)27)23(33)32-13-17-11-18(32)12-31(17)22-9-8-21(30-34)28-29-22/h2-10,17-18H,11-13H2,1H3/t17-,18-/m0/s1. The smallest absolute Gasteiger partial charge is 0.416 e. The number of amides is 1. The number of piperazine rings is 1. The summed E-state index contributed by atoms with van der Waals surface area (Å²) in [6.07, 6.45) is -3.62. The zero-order valence-corrected chi connectivity index (χ0v) is 18.6. The van der Waals surface area contributed by atoms with Crippen molar-refractivity contribution in [3.8, 4) is 16.9 Å². The molecule has 2 aliphatic rings. The number of fused-ring (bicyclic) bond motifs is 2. The van der Waals surface area contributed by atoms with E-state index in [0.29, 0.717) is 41.3 Å². The molecule has 2 aromatic carbocycles. The second kappa shape index (κ2) is 8.64. The van der Waals surface area contributed by atoms with Crippen LogP contribution in [-0.4, -0.2) is 53.3 Å². The Labute approximate surface area is 198 Å². The Hall–Kier alpha value is -4.02. The van der Waals surface area contributed by atoms with E-state index < -0.39 is 11.7 Å². The van der Waals surface area contributed by atoms with Crippen molar-refractivity contribution in [2.45, 2.75) is 24.7 Å². The molecule has 2 aliphatic heterocycles. The summed E-state index contributed by atoms with van der Waals surface area (Å²) in [4.78, 5) is 27.7. The number of nitroso groups, excluding NO2 is 1. The van der Waals surface area contributed by atoms with Crippen LogP contribution in [0.25, 0.3) is 11.1 Å². The molecule has 180 valence electrons. The van der Waals surface area contributed by atoms with Crippen molar-refractivity contribution in [2.24, 2.45) is 5.18 Å². The molecule has 11 heteroatoms. The van der Waals surface area contributed by atoms with Crippen LogP contribution in [-0.2, 0) is 6.18 Å². The summed E-state index contributed by atoms with van der Waals surface area (Å²) < 4.78 is 44.1. The van der Waals surface area contributed by atoms with Crippen molar-refractivity contribution < 1.29 is 22.7 Å². The molecule has 35 heavy (non-hydrogen) atoms. The monoisotopic (exact) mass is 483 g/mol. The summed E-state index contributed by atoms with van der Waals surface area (Å²) in [6.45, 7) is 1.11. The van der Waals surface area contributed by atoms with E-state index in [1.807, 2.05) is 4.90 Å². The van der Waals surface area contributed by atoms with E-state index in [1.165, 1.54) is 25.3 Å². The number of halogens is 3. The van der Waals surface area contributed by atoms with Crippen molar-refractivity contribution in [2.75, 3.05) is 25.1 Å². The summed E-state index contributed by atoms with van der Waals surface area (Å²) in [5.41, 5.74) is 0.866. The van der Waals surface area contributed by atoms with Gasteiger partial charge in [0.1, 0.15) is 5.75 Å². The number of methoxy groups -OCH3 is 1. The number of ether oxygens (including phenoxy) is 1. The first-order chi connectivity index (χ1) is 16.8. The SMILES string of the molecule is COc1cc(C(=O)N2C[C@@H]3C[C@H]2CN3c2ccc(N=O)nn2)ccc1-c1ccc(C(F)(F)F)cc1. The van der Waals surface area contributed by atoms with Gasteiger partial charge in [0, 0.05) is 24.2 Å². The summed E-state index contributed by atoms with van der Waals surface area (Å²) in [5, 5.41) is 10.6. The number of alkyl halides is 3. The zero-order chi connectivity index (χ0) is 24.7. The molecule has 0 aliphatic carbocycles. The number of nitrogens with zero attached hydrogens (tertiary/aromatic N) is 5. The third kappa shape index (κ3) is 4.17. The van der Waals surface area contributed by atoms with Crippen LogP contribution in [0.4, 0.5) is 24.8 Å². The maximum atomic E-state index is 13.3. The molecule has 0 spiro atoms. The maximum Gasteiger partial charge on any atom is 0.416 e. The number of aromatic nitrogens is 2. The van der Waals surface area contributed by atoms with Crippen molar-refractivity contribution >= 4 is 17.5 Å². The van der Waals surface area contributed by atoms with Crippen LogP contribution in [0.5, 0.6) is 5.75 Å². The predicted octanol–water partition coefficient (Wildman–Crippen LogP) is 4.67. The van der Waals surface area contributed by atoms with Gasteiger partial charge in [0.15, 0.2) is 5.82 Å². The molecule has 8 nitrogen and oxygen atoms in total. The summed E-state index contributed by atoms with van der Waals surface area (Å²) in [5.74, 6) is 0.921. The molecule has 0 unspecified atom stereocenters. The van der Waals surface area contributed by atoms with Crippen LogP contribution in [0.2, 0.25) is 0 Å². The van der Waals surface area contributed by atoms with Gasteiger partial charge in [-0.05, 0) is 59.6 Å². The Morgan fingerprint density at radius 1 is 1.03 bits per heavy atom. The number of carbonyl (C=O) groups excluding carboxylic acids is 1. The van der Waals surface area contributed by atoms with Crippen molar-refractivity contribution in [1.29, 1.82) is 0 Å². The van der Waals surface area contributed by atoms with Crippen molar-refractivity contribution in [1.82, 2.24) is 15.1 Å². The van der Waals surface area contributed by atoms with E-state index in [9.17, 15) is 22.9 Å². The lowest BCUT2D eigenvalue weighted by Crippen LogP contribution is -2.49. The van der Waals surface area contributed by atoms with E-state index in [1.54, 1.807) is 24.3 Å². The van der Waals surface area contributed by atoms with Gasteiger partial charge in [-0.1, -0.05) is 12.1 Å². The number of likely N-dealkylation sites (tertiary alicyclic amines) is 1. The molecule has 2 saturated heterocycles. The second-order valence-corrected chi connectivity index (χ2v) is 8.48. The molecule has 1 amide bonds. The molecular formula is C24H20F3N5O3. The lowest BCUT2D eigenvalue weighted by atomic mass is 10.0. The molecule has 2 bridgehead atoms. The number of benzene rings is 2. The molecule has 0 radical (unpaired) electrons. The summed E-state index contributed by atoms with van der Waals surface area (Å²) in [7, 11) is 1.46. The van der Waals surface area contributed by atoms with Gasteiger partial charge in [-0.25, -0.2) is 0 Å². The Bertz CT molecular complexity index is 1260. The minimum Gasteiger partial charge on any atom is -0.496 e. The molecule has 5 rings (SSSR count). The van der Waals surface area contributed by atoms with Crippen molar-refractivity contribution in [3.63, 3.8) is 0 Å². The molecule has 3 heterocycles. The van der Waals surface area contributed by atoms with E-state index >= 15 is 0 Å². The first-order valence-corrected chi connectivity index (χ1v) is 10.9. The fraction of sp³-hybridized carbons (Fsp3) is 0.292. The highest BCUT2D eigenvalue weighted by molar-refractivity contribution is 5.96. The topological polar surface area (TPSA) is 88.0 Å². The maximum absolute atomic E-state index is 13.3. The van der Waals surface area contributed by atoms with E-state index in [-0.39, 0.29) is 23.8 Å². The van der Waals surface area contributed by atoms with Crippen LogP contribution >= 0.6 is 0 Å². The highest BCUT2D eigenvalue weighted by Crippen LogP contribution is 2.37. The van der Waals surface area contributed by atoms with Gasteiger partial charge in [-0.3, -0.25) is 4.79 Å². The van der Waals surface area contributed by atoms with E-state index in [2.05, 4.69) is 20.3 Å². The van der Waals surface area contributed by atoms with Gasteiger partial charge >= 0.3 is 6.18 Å². The highest BCUT2D eigenvalue weighted by Gasteiger charge is 2.46. The lowest BCUT2D eigenvalue weighted by Gasteiger charge is -2.34. The van der Waals surface area contributed by atoms with Gasteiger partial charge in [-0.15, -0.1) is 15.1 Å². The molecule has 2 atom stereocenters. The van der Waals surface area contributed by atoms with Crippen LogP contribution < -0.4 is 9.64 Å². The quantitative estimate of drug-likeness (QED) is 0.490. The Kier molecular flexibility index (Phi) is 5.62. The first-order valence-electron chi connectivity index (χ1n) is 10.9. The van der Waals surface area contributed by atoms with E-state index in [4.69, 9.17) is 4.74 Å². The highest BCUT2D eigenvalue weighted by atomic mass is 19.4. The van der Waals surface area contributed by atoms with Crippen LogP contribution in [0.3, 0.4) is 0 Å². The molecule has 1 aromatic heterocycles. The zero-order valence-electron chi connectivity index (χ0n) is 18.6.